The Morgan fingerprint density at radius 3 is 2.67 bits per heavy atom. The average molecular weight is 259 g/mol. The molecule has 1 N–H and O–H groups in total. The van der Waals surface area contributed by atoms with Crippen LogP contribution in [0, 0.1) is 0 Å². The van der Waals surface area contributed by atoms with E-state index in [1.807, 2.05) is 0 Å². The number of hydrogen-bond donors (Lipinski definition) is 1. The van der Waals surface area contributed by atoms with Crippen LogP contribution in [0.15, 0.2) is 24.3 Å². The normalized spacial score (nSPS) is 19.8. The summed E-state index contributed by atoms with van der Waals surface area (Å²) in [6, 6.07) is 5.01. The lowest BCUT2D eigenvalue weighted by atomic mass is 10.0. The van der Waals surface area contributed by atoms with Gasteiger partial charge in [0.2, 0.25) is 0 Å². The highest BCUT2D eigenvalue weighted by atomic mass is 19.4. The second-order valence-corrected chi connectivity index (χ2v) is 4.06. The smallest absolute Gasteiger partial charge is 0.405 e. The van der Waals surface area contributed by atoms with Gasteiger partial charge in [0, 0.05) is 0 Å². The fourth-order valence-electron chi connectivity index (χ4n) is 1.98. The molecule has 1 aromatic carbocycles. The van der Waals surface area contributed by atoms with Crippen molar-refractivity contribution in [2.45, 2.75) is 25.2 Å². The number of benzene rings is 1. The first-order valence-corrected chi connectivity index (χ1v) is 5.60. The zero-order valence-corrected chi connectivity index (χ0v) is 9.46. The number of carbonyl (C=O) groups excluding carboxylic acids is 1. The summed E-state index contributed by atoms with van der Waals surface area (Å²) in [6.45, 7) is 0.707. The molecule has 98 valence electrons. The van der Waals surface area contributed by atoms with Gasteiger partial charge < -0.3 is 10.1 Å². The summed E-state index contributed by atoms with van der Waals surface area (Å²) < 4.78 is 40.5. The van der Waals surface area contributed by atoms with E-state index in [9.17, 15) is 18.0 Å². The first kappa shape index (κ1) is 12.9. The minimum Gasteiger partial charge on any atom is -0.405 e. The summed E-state index contributed by atoms with van der Waals surface area (Å²) in [6.07, 6.45) is -3.31. The van der Waals surface area contributed by atoms with Crippen molar-refractivity contribution in [1.29, 1.82) is 0 Å². The maximum absolute atomic E-state index is 12.2. The number of nitrogens with one attached hydrogen (secondary N) is 1. The quantitative estimate of drug-likeness (QED) is 0.848. The number of carbonyl (C=O) groups is 1. The van der Waals surface area contributed by atoms with Crippen LogP contribution in [0.25, 0.3) is 0 Å². The highest BCUT2D eigenvalue weighted by Gasteiger charge is 2.34. The van der Waals surface area contributed by atoms with Crippen LogP contribution >= 0.6 is 0 Å². The summed E-state index contributed by atoms with van der Waals surface area (Å²) in [5.74, 6) is -0.795. The fourth-order valence-corrected chi connectivity index (χ4v) is 1.98. The maximum atomic E-state index is 12.2. The molecule has 1 saturated heterocycles. The summed E-state index contributed by atoms with van der Waals surface area (Å²) in [5, 5.41) is 2.96. The van der Waals surface area contributed by atoms with Gasteiger partial charge in [-0.15, -0.1) is 13.2 Å². The van der Waals surface area contributed by atoms with Crippen LogP contribution in [0.3, 0.4) is 0 Å². The van der Waals surface area contributed by atoms with E-state index in [4.69, 9.17) is 0 Å². The predicted molar refractivity (Wildman–Crippen MR) is 58.5 cm³/mol. The lowest BCUT2D eigenvalue weighted by molar-refractivity contribution is -0.274. The molecule has 2 rings (SSSR count). The van der Waals surface area contributed by atoms with Gasteiger partial charge >= 0.3 is 6.36 Å². The van der Waals surface area contributed by atoms with Crippen LogP contribution < -0.4 is 10.1 Å². The predicted octanol–water partition coefficient (Wildman–Crippen LogP) is 2.52. The van der Waals surface area contributed by atoms with E-state index in [0.717, 1.165) is 12.5 Å². The number of ketones is 1. The van der Waals surface area contributed by atoms with Crippen molar-refractivity contribution >= 4 is 5.78 Å². The number of ether oxygens (including phenoxy) is 1. The highest BCUT2D eigenvalue weighted by Crippen LogP contribution is 2.27. The van der Waals surface area contributed by atoms with E-state index in [1.165, 1.54) is 18.2 Å². The van der Waals surface area contributed by atoms with E-state index < -0.39 is 18.2 Å². The van der Waals surface area contributed by atoms with Crippen LogP contribution in [-0.4, -0.2) is 24.7 Å². The Kier molecular flexibility index (Phi) is 3.56. The zero-order valence-electron chi connectivity index (χ0n) is 9.46. The standard InChI is InChI=1S/C12H12F3NO2/c13-12(14,15)18-10-6-2-1-4-8(10)11(17)9-5-3-7-16-9/h1-2,4,6,9,16H,3,5,7H2. The van der Waals surface area contributed by atoms with Gasteiger partial charge in [0.15, 0.2) is 5.78 Å². The van der Waals surface area contributed by atoms with Gasteiger partial charge in [-0.25, -0.2) is 0 Å². The van der Waals surface area contributed by atoms with Gasteiger partial charge in [-0.05, 0) is 31.5 Å². The van der Waals surface area contributed by atoms with E-state index in [-0.39, 0.29) is 11.3 Å². The molecule has 0 aromatic heterocycles. The Bertz CT molecular complexity index is 439. The molecule has 0 radical (unpaired) electrons. The van der Waals surface area contributed by atoms with Gasteiger partial charge in [-0.3, -0.25) is 4.79 Å². The first-order valence-electron chi connectivity index (χ1n) is 5.60. The van der Waals surface area contributed by atoms with E-state index in [2.05, 4.69) is 10.1 Å². The van der Waals surface area contributed by atoms with Crippen LogP contribution in [0.2, 0.25) is 0 Å². The van der Waals surface area contributed by atoms with Crippen LogP contribution in [0.1, 0.15) is 23.2 Å². The molecule has 0 saturated carbocycles. The molecule has 3 nitrogen and oxygen atoms in total. The largest absolute Gasteiger partial charge is 0.573 e. The molecule has 0 bridgehead atoms. The molecule has 1 aliphatic rings. The van der Waals surface area contributed by atoms with E-state index >= 15 is 0 Å². The topological polar surface area (TPSA) is 38.3 Å². The summed E-state index contributed by atoms with van der Waals surface area (Å²) in [7, 11) is 0. The molecule has 1 aromatic rings. The SMILES string of the molecule is O=C(c1ccccc1OC(F)(F)F)C1CCCN1. The first-order chi connectivity index (χ1) is 8.47. The molecule has 1 atom stereocenters. The van der Waals surface area contributed by atoms with Crippen LogP contribution in [-0.2, 0) is 0 Å². The maximum Gasteiger partial charge on any atom is 0.573 e. The van der Waals surface area contributed by atoms with Crippen molar-refractivity contribution in [1.82, 2.24) is 5.32 Å². The molecule has 1 heterocycles. The van der Waals surface area contributed by atoms with Gasteiger partial charge in [0.1, 0.15) is 5.75 Å². The molecular formula is C12H12F3NO2. The minimum atomic E-state index is -4.79. The Hall–Kier alpha value is -1.56. The molecule has 0 amide bonds. The minimum absolute atomic E-state index is 0.0331. The number of para-hydroxylation sites is 1. The second kappa shape index (κ2) is 4.97. The van der Waals surface area contributed by atoms with Crippen molar-refractivity contribution in [3.05, 3.63) is 29.8 Å². The lowest BCUT2D eigenvalue weighted by Gasteiger charge is -2.15. The zero-order chi connectivity index (χ0) is 13.2. The molecule has 1 aliphatic heterocycles. The molecule has 1 unspecified atom stereocenters. The Labute approximate surface area is 102 Å². The van der Waals surface area contributed by atoms with Crippen molar-refractivity contribution in [3.8, 4) is 5.75 Å². The average Bonchev–Trinajstić information content (AvgIpc) is 2.80. The number of alkyl halides is 3. The summed E-state index contributed by atoms with van der Waals surface area (Å²) in [4.78, 5) is 12.0. The number of Topliss-reactive ketones (excluding diaryl/α,β-unsaturated/α-hetero) is 1. The van der Waals surface area contributed by atoms with Crippen LogP contribution in [0.4, 0.5) is 13.2 Å². The number of hydrogen-bond acceptors (Lipinski definition) is 3. The molecule has 0 aliphatic carbocycles. The van der Waals surface area contributed by atoms with Crippen molar-refractivity contribution in [2.75, 3.05) is 6.54 Å². The Morgan fingerprint density at radius 1 is 1.33 bits per heavy atom. The van der Waals surface area contributed by atoms with Gasteiger partial charge in [0.05, 0.1) is 11.6 Å². The monoisotopic (exact) mass is 259 g/mol. The van der Waals surface area contributed by atoms with E-state index in [1.54, 1.807) is 0 Å². The molecule has 18 heavy (non-hydrogen) atoms. The van der Waals surface area contributed by atoms with Gasteiger partial charge in [-0.1, -0.05) is 12.1 Å². The summed E-state index contributed by atoms with van der Waals surface area (Å²) in [5.41, 5.74) is -0.0331. The number of rotatable bonds is 3. The molecule has 0 spiro atoms. The lowest BCUT2D eigenvalue weighted by Crippen LogP contribution is -2.31. The third kappa shape index (κ3) is 3.01. The van der Waals surface area contributed by atoms with Crippen molar-refractivity contribution in [2.24, 2.45) is 0 Å². The Balaban J connectivity index is 2.23. The summed E-state index contributed by atoms with van der Waals surface area (Å²) >= 11 is 0. The number of halogens is 3. The second-order valence-electron chi connectivity index (χ2n) is 4.06. The Morgan fingerprint density at radius 2 is 2.06 bits per heavy atom. The van der Waals surface area contributed by atoms with E-state index in [0.29, 0.717) is 13.0 Å². The molecular weight excluding hydrogens is 247 g/mol. The van der Waals surface area contributed by atoms with Crippen molar-refractivity contribution < 1.29 is 22.7 Å². The van der Waals surface area contributed by atoms with Crippen molar-refractivity contribution in [3.63, 3.8) is 0 Å². The molecule has 1 fully saturated rings. The highest BCUT2D eigenvalue weighted by molar-refractivity contribution is 6.02. The third-order valence-corrected chi connectivity index (χ3v) is 2.76. The van der Waals surface area contributed by atoms with Crippen LogP contribution in [0.5, 0.6) is 5.75 Å². The van der Waals surface area contributed by atoms with Gasteiger partial charge in [-0.2, -0.15) is 0 Å². The fraction of sp³-hybridized carbons (Fsp3) is 0.417. The third-order valence-electron chi connectivity index (χ3n) is 2.76. The van der Waals surface area contributed by atoms with Gasteiger partial charge in [0.25, 0.3) is 0 Å². The molecule has 6 heteroatoms.